The van der Waals surface area contributed by atoms with Crippen molar-refractivity contribution in [1.82, 2.24) is 10.2 Å². The number of nitrogens with one attached hydrogen (secondary N) is 1. The van der Waals surface area contributed by atoms with E-state index in [4.69, 9.17) is 5.11 Å². The third-order valence-corrected chi connectivity index (χ3v) is 5.04. The molecule has 1 aliphatic rings. The van der Waals surface area contributed by atoms with Gasteiger partial charge in [-0.05, 0) is 18.9 Å². The Hall–Kier alpha value is -1.37. The maximum absolute atomic E-state index is 11.6. The maximum atomic E-state index is 11.6. The lowest BCUT2D eigenvalue weighted by molar-refractivity contribution is 0.0690. The lowest BCUT2D eigenvalue weighted by atomic mass is 10.1. The van der Waals surface area contributed by atoms with Gasteiger partial charge in [0, 0.05) is 12.1 Å². The van der Waals surface area contributed by atoms with Crippen LogP contribution in [0.4, 0.5) is 0 Å². The molecule has 0 amide bonds. The van der Waals surface area contributed by atoms with E-state index in [1.807, 2.05) is 0 Å². The summed E-state index contributed by atoms with van der Waals surface area (Å²) in [5.41, 5.74) is 0.485. The summed E-state index contributed by atoms with van der Waals surface area (Å²) in [6.07, 6.45) is 1.65. The van der Waals surface area contributed by atoms with Crippen LogP contribution in [-0.4, -0.2) is 40.7 Å². The number of aromatic amines is 1. The third kappa shape index (κ3) is 2.08. The third-order valence-electron chi connectivity index (χ3n) is 2.76. The summed E-state index contributed by atoms with van der Waals surface area (Å²) in [5, 5.41) is 14.4. The average Bonchev–Trinajstić information content (AvgIpc) is 2.75. The Morgan fingerprint density at radius 1 is 1.62 bits per heavy atom. The van der Waals surface area contributed by atoms with Gasteiger partial charge in [-0.15, -0.1) is 0 Å². The average molecular weight is 244 g/mol. The van der Waals surface area contributed by atoms with Crippen LogP contribution in [0.3, 0.4) is 0 Å². The minimum atomic E-state index is -2.99. The first-order valence-corrected chi connectivity index (χ1v) is 6.70. The molecule has 0 saturated carbocycles. The van der Waals surface area contributed by atoms with Gasteiger partial charge in [-0.3, -0.25) is 5.10 Å². The first-order valence-electron chi connectivity index (χ1n) is 4.98. The van der Waals surface area contributed by atoms with Crippen molar-refractivity contribution in [3.05, 3.63) is 17.5 Å². The van der Waals surface area contributed by atoms with Gasteiger partial charge in [0.25, 0.3) is 0 Å². The van der Waals surface area contributed by atoms with Crippen molar-refractivity contribution < 1.29 is 18.3 Å². The van der Waals surface area contributed by atoms with E-state index in [-0.39, 0.29) is 11.4 Å². The van der Waals surface area contributed by atoms with Crippen LogP contribution in [0.2, 0.25) is 0 Å². The Morgan fingerprint density at radius 3 is 2.88 bits per heavy atom. The Kier molecular flexibility index (Phi) is 2.71. The molecule has 1 aromatic rings. The SMILES string of the molecule is O=C(O)c1cc(CC2CCCS2(=O)=O)[nH]n1. The lowest BCUT2D eigenvalue weighted by Gasteiger charge is -2.06. The quantitative estimate of drug-likeness (QED) is 0.792. The van der Waals surface area contributed by atoms with E-state index in [1.165, 1.54) is 6.07 Å². The van der Waals surface area contributed by atoms with Crippen LogP contribution in [0.5, 0.6) is 0 Å². The molecule has 6 nitrogen and oxygen atoms in total. The highest BCUT2D eigenvalue weighted by atomic mass is 32.2. The van der Waals surface area contributed by atoms with Gasteiger partial charge in [0.2, 0.25) is 0 Å². The summed E-state index contributed by atoms with van der Waals surface area (Å²) in [6.45, 7) is 0. The van der Waals surface area contributed by atoms with E-state index >= 15 is 0 Å². The van der Waals surface area contributed by atoms with Gasteiger partial charge >= 0.3 is 5.97 Å². The van der Waals surface area contributed by atoms with Crippen LogP contribution in [0, 0.1) is 0 Å². The number of rotatable bonds is 3. The maximum Gasteiger partial charge on any atom is 0.356 e. The molecule has 1 atom stereocenters. The molecule has 7 heteroatoms. The van der Waals surface area contributed by atoms with Crippen LogP contribution in [-0.2, 0) is 16.3 Å². The second kappa shape index (κ2) is 3.89. The molecular formula is C9H12N2O4S. The normalized spacial score (nSPS) is 23.4. The summed E-state index contributed by atoms with van der Waals surface area (Å²) < 4.78 is 23.1. The zero-order valence-electron chi connectivity index (χ0n) is 8.51. The number of H-pyrrole nitrogens is 1. The summed E-state index contributed by atoms with van der Waals surface area (Å²) in [7, 11) is -2.99. The molecule has 88 valence electrons. The molecule has 0 aliphatic carbocycles. The molecule has 1 unspecified atom stereocenters. The van der Waals surface area contributed by atoms with E-state index in [9.17, 15) is 13.2 Å². The zero-order valence-corrected chi connectivity index (χ0v) is 9.33. The number of aromatic carboxylic acids is 1. The van der Waals surface area contributed by atoms with Crippen molar-refractivity contribution in [1.29, 1.82) is 0 Å². The van der Waals surface area contributed by atoms with Gasteiger partial charge in [0.05, 0.1) is 11.0 Å². The molecule has 0 spiro atoms. The van der Waals surface area contributed by atoms with Gasteiger partial charge in [0.1, 0.15) is 0 Å². The Balaban J connectivity index is 2.12. The summed E-state index contributed by atoms with van der Waals surface area (Å²) in [4.78, 5) is 10.6. The van der Waals surface area contributed by atoms with Gasteiger partial charge in [-0.25, -0.2) is 13.2 Å². The van der Waals surface area contributed by atoms with Gasteiger partial charge < -0.3 is 5.11 Å². The van der Waals surface area contributed by atoms with E-state index in [1.54, 1.807) is 0 Å². The van der Waals surface area contributed by atoms with Crippen molar-refractivity contribution in [2.75, 3.05) is 5.75 Å². The topological polar surface area (TPSA) is 100 Å². The van der Waals surface area contributed by atoms with Crippen LogP contribution in [0.25, 0.3) is 0 Å². The highest BCUT2D eigenvalue weighted by Gasteiger charge is 2.31. The van der Waals surface area contributed by atoms with Crippen molar-refractivity contribution >= 4 is 15.8 Å². The summed E-state index contributed by atoms with van der Waals surface area (Å²) >= 11 is 0. The summed E-state index contributed by atoms with van der Waals surface area (Å²) in [6, 6.07) is 1.39. The molecule has 1 aliphatic heterocycles. The second-order valence-electron chi connectivity index (χ2n) is 3.92. The van der Waals surface area contributed by atoms with Crippen LogP contribution in [0.1, 0.15) is 29.0 Å². The number of carbonyl (C=O) groups is 1. The monoisotopic (exact) mass is 244 g/mol. The van der Waals surface area contributed by atoms with Crippen molar-refractivity contribution in [3.8, 4) is 0 Å². The lowest BCUT2D eigenvalue weighted by Crippen LogP contribution is -2.18. The zero-order chi connectivity index (χ0) is 11.8. The predicted molar refractivity (Wildman–Crippen MR) is 56.1 cm³/mol. The number of hydrogen-bond donors (Lipinski definition) is 2. The minimum Gasteiger partial charge on any atom is -0.476 e. The molecule has 0 bridgehead atoms. The minimum absolute atomic E-state index is 0.0783. The first kappa shape index (κ1) is 11.1. The van der Waals surface area contributed by atoms with E-state index in [2.05, 4.69) is 10.2 Å². The molecule has 2 heterocycles. The fourth-order valence-electron chi connectivity index (χ4n) is 1.91. The number of nitrogens with zero attached hydrogens (tertiary/aromatic N) is 1. The molecule has 0 radical (unpaired) electrons. The smallest absolute Gasteiger partial charge is 0.356 e. The van der Waals surface area contributed by atoms with Crippen LogP contribution in [0.15, 0.2) is 6.07 Å². The Bertz CT molecular complexity index is 505. The highest BCUT2D eigenvalue weighted by molar-refractivity contribution is 7.92. The number of carboxylic acid groups (broad SMARTS) is 1. The van der Waals surface area contributed by atoms with Crippen molar-refractivity contribution in [2.45, 2.75) is 24.5 Å². The highest BCUT2D eigenvalue weighted by Crippen LogP contribution is 2.23. The standard InChI is InChI=1S/C9H12N2O4S/c12-9(13)8-5-6(10-11-8)4-7-2-1-3-16(7,14)15/h5,7H,1-4H2,(H,10,11)(H,12,13). The number of hydrogen-bond acceptors (Lipinski definition) is 4. The van der Waals surface area contributed by atoms with Gasteiger partial charge in [0.15, 0.2) is 15.5 Å². The fraction of sp³-hybridized carbons (Fsp3) is 0.556. The van der Waals surface area contributed by atoms with Crippen LogP contribution < -0.4 is 0 Å². The van der Waals surface area contributed by atoms with E-state index < -0.39 is 21.1 Å². The Morgan fingerprint density at radius 2 is 2.38 bits per heavy atom. The molecular weight excluding hydrogens is 232 g/mol. The number of carboxylic acids is 1. The molecule has 1 saturated heterocycles. The molecule has 2 rings (SSSR count). The van der Waals surface area contributed by atoms with E-state index in [0.29, 0.717) is 25.0 Å². The molecule has 2 N–H and O–H groups in total. The Labute approximate surface area is 92.6 Å². The summed E-state index contributed by atoms with van der Waals surface area (Å²) in [5.74, 6) is -0.880. The molecule has 1 fully saturated rings. The number of aromatic nitrogens is 2. The van der Waals surface area contributed by atoms with Crippen LogP contribution >= 0.6 is 0 Å². The van der Waals surface area contributed by atoms with E-state index in [0.717, 1.165) is 0 Å². The number of sulfone groups is 1. The van der Waals surface area contributed by atoms with Gasteiger partial charge in [-0.2, -0.15) is 5.10 Å². The largest absolute Gasteiger partial charge is 0.476 e. The van der Waals surface area contributed by atoms with Crippen molar-refractivity contribution in [2.24, 2.45) is 0 Å². The second-order valence-corrected chi connectivity index (χ2v) is 6.32. The first-order chi connectivity index (χ1) is 7.49. The molecule has 0 aromatic carbocycles. The fourth-order valence-corrected chi connectivity index (χ4v) is 3.77. The molecule has 16 heavy (non-hydrogen) atoms. The van der Waals surface area contributed by atoms with Crippen molar-refractivity contribution in [3.63, 3.8) is 0 Å². The molecule has 1 aromatic heterocycles. The van der Waals surface area contributed by atoms with Gasteiger partial charge in [-0.1, -0.05) is 0 Å². The predicted octanol–water partition coefficient (Wildman–Crippen LogP) is 0.228.